The summed E-state index contributed by atoms with van der Waals surface area (Å²) in [6.07, 6.45) is 3.25. The first kappa shape index (κ1) is 20.6. The van der Waals surface area contributed by atoms with Gasteiger partial charge in [0.2, 0.25) is 5.91 Å². The van der Waals surface area contributed by atoms with Crippen LogP contribution in [0.4, 0.5) is 0 Å². The lowest BCUT2D eigenvalue weighted by molar-refractivity contribution is -0.123. The van der Waals surface area contributed by atoms with E-state index in [0.717, 1.165) is 30.1 Å². The van der Waals surface area contributed by atoms with Gasteiger partial charge in [0.25, 0.3) is 0 Å². The molecule has 0 aromatic carbocycles. The molecule has 1 atom stereocenters. The fraction of sp³-hybridized carbons (Fsp3) is 0.714. The molecule has 0 radical (unpaired) electrons. The summed E-state index contributed by atoms with van der Waals surface area (Å²) >= 11 is 1.62. The summed E-state index contributed by atoms with van der Waals surface area (Å²) in [6, 6.07) is -0.0178. The Morgan fingerprint density at radius 1 is 1.43 bits per heavy atom. The topological polar surface area (TPSA) is 54.0 Å². The van der Waals surface area contributed by atoms with Gasteiger partial charge in [0, 0.05) is 10.8 Å². The summed E-state index contributed by atoms with van der Waals surface area (Å²) in [4.78, 5) is 16.6. The first-order valence-electron chi connectivity index (χ1n) is 6.93. The second kappa shape index (κ2) is 8.93. The summed E-state index contributed by atoms with van der Waals surface area (Å²) < 4.78 is 0. The monoisotopic (exact) mass is 353 g/mol. The van der Waals surface area contributed by atoms with E-state index in [0.29, 0.717) is 6.54 Å². The number of hydrogen-bond acceptors (Lipinski definition) is 4. The fourth-order valence-electron chi connectivity index (χ4n) is 2.10. The first-order chi connectivity index (χ1) is 8.97. The normalized spacial score (nSPS) is 18.3. The Kier molecular flexibility index (Phi) is 8.78. The van der Waals surface area contributed by atoms with E-state index in [2.05, 4.69) is 41.8 Å². The maximum absolute atomic E-state index is 12.0. The molecule has 4 nitrogen and oxygen atoms in total. The molecule has 122 valence electrons. The van der Waals surface area contributed by atoms with E-state index >= 15 is 0 Å². The number of amides is 1. The van der Waals surface area contributed by atoms with Gasteiger partial charge in [-0.1, -0.05) is 27.2 Å². The Balaban J connectivity index is 0.00000200. The van der Waals surface area contributed by atoms with Crippen LogP contribution in [0, 0.1) is 0 Å². The number of piperidine rings is 1. The molecule has 1 aromatic heterocycles. The van der Waals surface area contributed by atoms with Crippen molar-refractivity contribution < 1.29 is 4.79 Å². The van der Waals surface area contributed by atoms with Crippen molar-refractivity contribution in [3.8, 4) is 0 Å². The van der Waals surface area contributed by atoms with Crippen molar-refractivity contribution in [3.05, 3.63) is 16.1 Å². The van der Waals surface area contributed by atoms with Crippen LogP contribution in [0.15, 0.2) is 5.38 Å². The maximum atomic E-state index is 12.0. The Morgan fingerprint density at radius 3 is 2.67 bits per heavy atom. The SMILES string of the molecule is CC(C)(C)c1csc(CNC(=O)[C@H]2CCCCN2)n1.Cl.Cl. The van der Waals surface area contributed by atoms with Crippen molar-refractivity contribution in [2.24, 2.45) is 0 Å². The summed E-state index contributed by atoms with van der Waals surface area (Å²) in [6.45, 7) is 7.93. The van der Waals surface area contributed by atoms with Crippen LogP contribution in [0.5, 0.6) is 0 Å². The number of halogens is 2. The minimum atomic E-state index is -0.0178. The third-order valence-corrected chi connectivity index (χ3v) is 4.21. The molecule has 0 unspecified atom stereocenters. The van der Waals surface area contributed by atoms with Crippen molar-refractivity contribution in [2.45, 2.75) is 58.0 Å². The summed E-state index contributed by atoms with van der Waals surface area (Å²) in [5.41, 5.74) is 1.17. The molecule has 0 saturated carbocycles. The van der Waals surface area contributed by atoms with Crippen LogP contribution in [0.3, 0.4) is 0 Å². The fourth-order valence-corrected chi connectivity index (χ4v) is 3.06. The predicted octanol–water partition coefficient (Wildman–Crippen LogP) is 3.04. The number of thiazole rings is 1. The van der Waals surface area contributed by atoms with Crippen LogP contribution < -0.4 is 10.6 Å². The largest absolute Gasteiger partial charge is 0.348 e. The molecule has 1 aliphatic heterocycles. The van der Waals surface area contributed by atoms with E-state index in [1.807, 2.05) is 0 Å². The van der Waals surface area contributed by atoms with Gasteiger partial charge in [0.05, 0.1) is 18.3 Å². The second-order valence-electron chi connectivity index (χ2n) is 6.10. The van der Waals surface area contributed by atoms with E-state index in [4.69, 9.17) is 0 Å². The van der Waals surface area contributed by atoms with Gasteiger partial charge < -0.3 is 10.6 Å². The molecule has 2 N–H and O–H groups in total. The number of rotatable bonds is 3. The molecule has 1 fully saturated rings. The third kappa shape index (κ3) is 6.10. The summed E-state index contributed by atoms with van der Waals surface area (Å²) in [5, 5.41) is 9.30. The lowest BCUT2D eigenvalue weighted by Crippen LogP contribution is -2.46. The highest BCUT2D eigenvalue weighted by Gasteiger charge is 2.21. The van der Waals surface area contributed by atoms with Crippen molar-refractivity contribution >= 4 is 42.1 Å². The van der Waals surface area contributed by atoms with Crippen molar-refractivity contribution in [3.63, 3.8) is 0 Å². The molecule has 7 heteroatoms. The van der Waals surface area contributed by atoms with Crippen LogP contribution in [0.1, 0.15) is 50.7 Å². The Bertz CT molecular complexity index is 440. The molecule has 1 aromatic rings. The van der Waals surface area contributed by atoms with Gasteiger partial charge in [-0.2, -0.15) is 0 Å². The van der Waals surface area contributed by atoms with E-state index in [1.54, 1.807) is 11.3 Å². The average molecular weight is 354 g/mol. The number of carbonyl (C=O) groups excluding carboxylic acids is 1. The molecule has 0 bridgehead atoms. The minimum Gasteiger partial charge on any atom is -0.348 e. The van der Waals surface area contributed by atoms with Crippen LogP contribution in [0.25, 0.3) is 0 Å². The van der Waals surface area contributed by atoms with E-state index < -0.39 is 0 Å². The first-order valence-corrected chi connectivity index (χ1v) is 7.81. The van der Waals surface area contributed by atoms with Gasteiger partial charge in [-0.3, -0.25) is 4.79 Å². The third-order valence-electron chi connectivity index (χ3n) is 3.36. The summed E-state index contributed by atoms with van der Waals surface area (Å²) in [7, 11) is 0. The molecule has 21 heavy (non-hydrogen) atoms. The number of hydrogen-bond donors (Lipinski definition) is 2. The zero-order valence-electron chi connectivity index (χ0n) is 12.8. The zero-order chi connectivity index (χ0) is 13.9. The van der Waals surface area contributed by atoms with Crippen molar-refractivity contribution in [2.75, 3.05) is 6.54 Å². The van der Waals surface area contributed by atoms with Crippen LogP contribution in [0.2, 0.25) is 0 Å². The van der Waals surface area contributed by atoms with Gasteiger partial charge in [-0.05, 0) is 19.4 Å². The van der Waals surface area contributed by atoms with Gasteiger partial charge >= 0.3 is 0 Å². The Morgan fingerprint density at radius 2 is 2.14 bits per heavy atom. The van der Waals surface area contributed by atoms with Crippen LogP contribution >= 0.6 is 36.2 Å². The van der Waals surface area contributed by atoms with Gasteiger partial charge in [0.1, 0.15) is 5.01 Å². The van der Waals surface area contributed by atoms with Crippen LogP contribution in [-0.4, -0.2) is 23.5 Å². The molecular weight excluding hydrogens is 329 g/mol. The predicted molar refractivity (Wildman–Crippen MR) is 92.8 cm³/mol. The number of aromatic nitrogens is 1. The Hall–Kier alpha value is -0.360. The van der Waals surface area contributed by atoms with Gasteiger partial charge in [-0.25, -0.2) is 4.98 Å². The minimum absolute atomic E-state index is 0. The number of nitrogens with zero attached hydrogens (tertiary/aromatic N) is 1. The van der Waals surface area contributed by atoms with Gasteiger partial charge in [0.15, 0.2) is 0 Å². The summed E-state index contributed by atoms with van der Waals surface area (Å²) in [5.74, 6) is 0.104. The molecule has 0 spiro atoms. The highest BCUT2D eigenvalue weighted by molar-refractivity contribution is 7.09. The zero-order valence-corrected chi connectivity index (χ0v) is 15.2. The smallest absolute Gasteiger partial charge is 0.237 e. The molecule has 1 aliphatic rings. The number of nitrogens with one attached hydrogen (secondary N) is 2. The quantitative estimate of drug-likeness (QED) is 0.877. The number of carbonyl (C=O) groups is 1. The maximum Gasteiger partial charge on any atom is 0.237 e. The Labute approximate surface area is 143 Å². The highest BCUT2D eigenvalue weighted by atomic mass is 35.5. The van der Waals surface area contributed by atoms with Gasteiger partial charge in [-0.15, -0.1) is 36.2 Å². The highest BCUT2D eigenvalue weighted by Crippen LogP contribution is 2.23. The van der Waals surface area contributed by atoms with Crippen molar-refractivity contribution in [1.29, 1.82) is 0 Å². The lowest BCUT2D eigenvalue weighted by Gasteiger charge is -2.22. The van der Waals surface area contributed by atoms with E-state index in [-0.39, 0.29) is 42.2 Å². The van der Waals surface area contributed by atoms with Crippen LogP contribution in [-0.2, 0) is 16.8 Å². The second-order valence-corrected chi connectivity index (χ2v) is 7.04. The molecule has 0 aliphatic carbocycles. The molecule has 1 amide bonds. The standard InChI is InChI=1S/C14H23N3OS.2ClH/c1-14(2,3)11-9-19-12(17-11)8-16-13(18)10-6-4-5-7-15-10;;/h9-10,15H,4-8H2,1-3H3,(H,16,18);2*1H/t10-;;/m1../s1. The lowest BCUT2D eigenvalue weighted by atomic mass is 9.93. The average Bonchev–Trinajstić information content (AvgIpc) is 2.86. The molecule has 2 heterocycles. The molecular formula is C14H25Cl2N3OS. The van der Waals surface area contributed by atoms with Crippen molar-refractivity contribution in [1.82, 2.24) is 15.6 Å². The molecule has 2 rings (SSSR count). The van der Waals surface area contributed by atoms with E-state index in [9.17, 15) is 4.79 Å². The van der Waals surface area contributed by atoms with E-state index in [1.165, 1.54) is 6.42 Å². The molecule has 1 saturated heterocycles.